The van der Waals surface area contributed by atoms with Crippen LogP contribution in [-0.4, -0.2) is 36.8 Å². The monoisotopic (exact) mass is 248 g/mol. The van der Waals surface area contributed by atoms with Crippen molar-refractivity contribution in [2.75, 3.05) is 19.7 Å². The van der Waals surface area contributed by atoms with Crippen molar-refractivity contribution < 1.29 is 9.90 Å². The van der Waals surface area contributed by atoms with Gasteiger partial charge in [0.1, 0.15) is 0 Å². The van der Waals surface area contributed by atoms with Crippen LogP contribution in [0.4, 0.5) is 0 Å². The lowest BCUT2D eigenvalue weighted by atomic mass is 9.98. The molecule has 1 heterocycles. The number of aliphatic hydroxyl groups is 1. The SMILES string of the molecule is O=C(CC1CNC1)N[C@@H](CO)Cc1ccccc1. The Morgan fingerprint density at radius 2 is 2.11 bits per heavy atom. The second-order valence-electron chi connectivity index (χ2n) is 4.87. The van der Waals surface area contributed by atoms with E-state index in [0.717, 1.165) is 18.7 Å². The number of carbonyl (C=O) groups is 1. The Morgan fingerprint density at radius 3 is 2.67 bits per heavy atom. The third kappa shape index (κ3) is 3.82. The van der Waals surface area contributed by atoms with Crippen LogP contribution >= 0.6 is 0 Å². The Bertz CT molecular complexity index is 377. The van der Waals surface area contributed by atoms with E-state index in [1.807, 2.05) is 30.3 Å². The van der Waals surface area contributed by atoms with Gasteiger partial charge in [-0.3, -0.25) is 4.79 Å². The van der Waals surface area contributed by atoms with Gasteiger partial charge in [-0.2, -0.15) is 0 Å². The summed E-state index contributed by atoms with van der Waals surface area (Å²) in [5, 5.41) is 15.4. The van der Waals surface area contributed by atoms with Crippen molar-refractivity contribution in [3.8, 4) is 0 Å². The number of rotatable bonds is 6. The minimum Gasteiger partial charge on any atom is -0.394 e. The molecule has 0 aromatic heterocycles. The first-order valence-electron chi connectivity index (χ1n) is 6.43. The average molecular weight is 248 g/mol. The molecule has 4 nitrogen and oxygen atoms in total. The first kappa shape index (κ1) is 13.1. The molecule has 2 rings (SSSR count). The lowest BCUT2D eigenvalue weighted by Crippen LogP contribution is -2.46. The van der Waals surface area contributed by atoms with E-state index < -0.39 is 0 Å². The van der Waals surface area contributed by atoms with E-state index in [9.17, 15) is 9.90 Å². The minimum atomic E-state index is -0.187. The molecule has 1 aromatic carbocycles. The van der Waals surface area contributed by atoms with Gasteiger partial charge in [0.2, 0.25) is 5.91 Å². The predicted molar refractivity (Wildman–Crippen MR) is 70.1 cm³/mol. The van der Waals surface area contributed by atoms with Crippen molar-refractivity contribution in [1.29, 1.82) is 0 Å². The van der Waals surface area contributed by atoms with E-state index in [4.69, 9.17) is 0 Å². The van der Waals surface area contributed by atoms with Gasteiger partial charge in [0.05, 0.1) is 12.6 Å². The van der Waals surface area contributed by atoms with Crippen LogP contribution in [-0.2, 0) is 11.2 Å². The van der Waals surface area contributed by atoms with Gasteiger partial charge in [-0.1, -0.05) is 30.3 Å². The lowest BCUT2D eigenvalue weighted by Gasteiger charge is -2.27. The van der Waals surface area contributed by atoms with Crippen LogP contribution in [0.5, 0.6) is 0 Å². The van der Waals surface area contributed by atoms with E-state index in [0.29, 0.717) is 18.8 Å². The van der Waals surface area contributed by atoms with Crippen molar-refractivity contribution in [3.63, 3.8) is 0 Å². The van der Waals surface area contributed by atoms with Crippen LogP contribution in [0.2, 0.25) is 0 Å². The first-order valence-corrected chi connectivity index (χ1v) is 6.43. The van der Waals surface area contributed by atoms with E-state index in [-0.39, 0.29) is 18.6 Å². The number of carbonyl (C=O) groups excluding carboxylic acids is 1. The molecule has 1 fully saturated rings. The van der Waals surface area contributed by atoms with Gasteiger partial charge < -0.3 is 15.7 Å². The fraction of sp³-hybridized carbons (Fsp3) is 0.500. The summed E-state index contributed by atoms with van der Waals surface area (Å²) in [6.45, 7) is 1.83. The summed E-state index contributed by atoms with van der Waals surface area (Å²) in [6, 6.07) is 9.71. The highest BCUT2D eigenvalue weighted by Gasteiger charge is 2.21. The van der Waals surface area contributed by atoms with Gasteiger partial charge in [0.25, 0.3) is 0 Å². The van der Waals surface area contributed by atoms with Crippen molar-refractivity contribution in [2.24, 2.45) is 5.92 Å². The lowest BCUT2D eigenvalue weighted by molar-refractivity contribution is -0.123. The van der Waals surface area contributed by atoms with E-state index in [1.165, 1.54) is 0 Å². The Morgan fingerprint density at radius 1 is 1.39 bits per heavy atom. The molecule has 0 bridgehead atoms. The number of benzene rings is 1. The van der Waals surface area contributed by atoms with Crippen LogP contribution in [0.3, 0.4) is 0 Å². The summed E-state index contributed by atoms with van der Waals surface area (Å²) in [5.41, 5.74) is 1.13. The molecule has 0 aliphatic carbocycles. The fourth-order valence-corrected chi connectivity index (χ4v) is 2.10. The molecule has 0 unspecified atom stereocenters. The van der Waals surface area contributed by atoms with Crippen LogP contribution in [0.1, 0.15) is 12.0 Å². The molecule has 1 atom stereocenters. The van der Waals surface area contributed by atoms with Gasteiger partial charge >= 0.3 is 0 Å². The maximum atomic E-state index is 11.8. The molecule has 0 spiro atoms. The van der Waals surface area contributed by atoms with Crippen LogP contribution in [0.25, 0.3) is 0 Å². The summed E-state index contributed by atoms with van der Waals surface area (Å²) in [5.74, 6) is 0.498. The van der Waals surface area contributed by atoms with Crippen LogP contribution < -0.4 is 10.6 Å². The standard InChI is InChI=1S/C14H20N2O2/c17-10-13(6-11-4-2-1-3-5-11)16-14(18)7-12-8-15-9-12/h1-5,12-13,15,17H,6-10H2,(H,16,18)/t13-/m1/s1. The van der Waals surface area contributed by atoms with Gasteiger partial charge in [-0.15, -0.1) is 0 Å². The van der Waals surface area contributed by atoms with Crippen LogP contribution in [0, 0.1) is 5.92 Å². The maximum Gasteiger partial charge on any atom is 0.220 e. The zero-order valence-corrected chi connectivity index (χ0v) is 10.4. The van der Waals surface area contributed by atoms with E-state index in [2.05, 4.69) is 10.6 Å². The Hall–Kier alpha value is -1.39. The Labute approximate surface area is 107 Å². The predicted octanol–water partition coefficient (Wildman–Crippen LogP) is 0.316. The Balaban J connectivity index is 1.79. The zero-order chi connectivity index (χ0) is 12.8. The highest BCUT2D eigenvalue weighted by atomic mass is 16.3. The minimum absolute atomic E-state index is 0.0243. The Kier molecular flexibility index (Phi) is 4.73. The molecule has 18 heavy (non-hydrogen) atoms. The van der Waals surface area contributed by atoms with Gasteiger partial charge in [0.15, 0.2) is 0 Å². The molecule has 0 radical (unpaired) electrons. The molecule has 98 valence electrons. The molecule has 1 saturated heterocycles. The fourth-order valence-electron chi connectivity index (χ4n) is 2.10. The quantitative estimate of drug-likeness (QED) is 0.679. The summed E-state index contributed by atoms with van der Waals surface area (Å²) in [6.07, 6.45) is 1.23. The van der Waals surface area contributed by atoms with Gasteiger partial charge in [-0.25, -0.2) is 0 Å². The molecular weight excluding hydrogens is 228 g/mol. The third-order valence-electron chi connectivity index (χ3n) is 3.25. The van der Waals surface area contributed by atoms with Crippen LogP contribution in [0.15, 0.2) is 30.3 Å². The highest BCUT2D eigenvalue weighted by molar-refractivity contribution is 5.76. The van der Waals surface area contributed by atoms with Gasteiger partial charge in [0, 0.05) is 6.42 Å². The molecule has 1 amide bonds. The summed E-state index contributed by atoms with van der Waals surface area (Å²) < 4.78 is 0. The summed E-state index contributed by atoms with van der Waals surface area (Å²) in [7, 11) is 0. The van der Waals surface area contributed by atoms with Gasteiger partial charge in [-0.05, 0) is 31.0 Å². The number of hydrogen-bond donors (Lipinski definition) is 3. The van der Waals surface area contributed by atoms with E-state index >= 15 is 0 Å². The molecule has 1 aliphatic rings. The number of amides is 1. The van der Waals surface area contributed by atoms with Crippen molar-refractivity contribution in [1.82, 2.24) is 10.6 Å². The molecule has 1 aliphatic heterocycles. The van der Waals surface area contributed by atoms with Crippen molar-refractivity contribution >= 4 is 5.91 Å². The average Bonchev–Trinajstić information content (AvgIpc) is 2.34. The van der Waals surface area contributed by atoms with Crippen molar-refractivity contribution in [3.05, 3.63) is 35.9 Å². The number of aliphatic hydroxyl groups excluding tert-OH is 1. The molecule has 0 saturated carbocycles. The first-order chi connectivity index (χ1) is 8.78. The zero-order valence-electron chi connectivity index (χ0n) is 10.4. The smallest absolute Gasteiger partial charge is 0.220 e. The third-order valence-corrected chi connectivity index (χ3v) is 3.25. The molecule has 4 heteroatoms. The summed E-state index contributed by atoms with van der Waals surface area (Å²) in [4.78, 5) is 11.8. The van der Waals surface area contributed by atoms with E-state index in [1.54, 1.807) is 0 Å². The topological polar surface area (TPSA) is 61.4 Å². The highest BCUT2D eigenvalue weighted by Crippen LogP contribution is 2.08. The second kappa shape index (κ2) is 6.52. The maximum absolute atomic E-state index is 11.8. The number of hydrogen-bond acceptors (Lipinski definition) is 3. The largest absolute Gasteiger partial charge is 0.394 e. The molecular formula is C14H20N2O2. The second-order valence-corrected chi connectivity index (χ2v) is 4.87. The summed E-state index contributed by atoms with van der Waals surface area (Å²) >= 11 is 0. The molecule has 1 aromatic rings. The normalized spacial score (nSPS) is 16.9. The molecule has 3 N–H and O–H groups in total. The number of nitrogens with one attached hydrogen (secondary N) is 2. The van der Waals surface area contributed by atoms with Crippen molar-refractivity contribution in [2.45, 2.75) is 18.9 Å².